The predicted molar refractivity (Wildman–Crippen MR) is 126 cm³/mol. The van der Waals surface area contributed by atoms with Gasteiger partial charge in [-0.15, -0.1) is 10.2 Å². The number of rotatable bonds is 4. The zero-order chi connectivity index (χ0) is 22.9. The van der Waals surface area contributed by atoms with E-state index in [4.69, 9.17) is 5.73 Å². The summed E-state index contributed by atoms with van der Waals surface area (Å²) in [6, 6.07) is 8.90. The van der Waals surface area contributed by atoms with Gasteiger partial charge in [0.05, 0.1) is 17.6 Å². The third-order valence-electron chi connectivity index (χ3n) is 5.82. The Balaban J connectivity index is 1.45. The van der Waals surface area contributed by atoms with Gasteiger partial charge in [0.25, 0.3) is 0 Å². The second-order valence-corrected chi connectivity index (χ2v) is 8.04. The first-order valence-electron chi connectivity index (χ1n) is 10.7. The highest BCUT2D eigenvalue weighted by molar-refractivity contribution is 5.96. The van der Waals surface area contributed by atoms with Gasteiger partial charge in [-0.25, -0.2) is 9.37 Å². The SMILES string of the molecule is Cc1ccncc1-c1cc2cc(Nc3ccc(N4CCCCC4=O)cn3)nnc2c(N)c1F. The number of pyridine rings is 2. The molecule has 1 saturated heterocycles. The van der Waals surface area contributed by atoms with Crippen LogP contribution in [0, 0.1) is 12.7 Å². The number of piperidine rings is 1. The van der Waals surface area contributed by atoms with Crippen LogP contribution in [-0.2, 0) is 4.79 Å². The molecular formula is C24H22FN7O. The number of amides is 1. The molecule has 0 saturated carbocycles. The van der Waals surface area contributed by atoms with Gasteiger partial charge in [-0.2, -0.15) is 0 Å². The van der Waals surface area contributed by atoms with Gasteiger partial charge >= 0.3 is 0 Å². The van der Waals surface area contributed by atoms with E-state index in [9.17, 15) is 9.18 Å². The van der Waals surface area contributed by atoms with E-state index in [0.29, 0.717) is 41.1 Å². The number of halogens is 1. The summed E-state index contributed by atoms with van der Waals surface area (Å²) in [5.74, 6) is 0.568. The highest BCUT2D eigenvalue weighted by atomic mass is 19.1. The summed E-state index contributed by atoms with van der Waals surface area (Å²) >= 11 is 0. The van der Waals surface area contributed by atoms with Crippen LogP contribution in [0.15, 0.2) is 48.9 Å². The number of anilines is 4. The molecular weight excluding hydrogens is 421 g/mol. The first kappa shape index (κ1) is 20.7. The highest BCUT2D eigenvalue weighted by Gasteiger charge is 2.20. The van der Waals surface area contributed by atoms with Gasteiger partial charge in [-0.05, 0) is 55.7 Å². The summed E-state index contributed by atoms with van der Waals surface area (Å²) in [6.07, 6.45) is 7.43. The molecule has 1 amide bonds. The van der Waals surface area contributed by atoms with E-state index in [2.05, 4.69) is 25.5 Å². The Morgan fingerprint density at radius 3 is 2.70 bits per heavy atom. The third kappa shape index (κ3) is 3.93. The first-order chi connectivity index (χ1) is 16.0. The van der Waals surface area contributed by atoms with Crippen molar-refractivity contribution >= 4 is 39.8 Å². The standard InChI is InChI=1S/C24H22FN7O/c1-14-7-8-27-13-18(14)17-10-15-11-20(30-31-24(15)23(26)22(17)25)29-19-6-5-16(12-28-19)32-9-3-2-4-21(32)33/h5-8,10-13H,2-4,9,26H2,1H3,(H,28,29,30). The average molecular weight is 443 g/mol. The summed E-state index contributed by atoms with van der Waals surface area (Å²) in [6.45, 7) is 2.60. The molecule has 0 bridgehead atoms. The molecule has 4 aromatic rings. The van der Waals surface area contributed by atoms with Crippen molar-refractivity contribution in [1.29, 1.82) is 0 Å². The van der Waals surface area contributed by atoms with Crippen LogP contribution < -0.4 is 16.0 Å². The number of nitrogens with one attached hydrogen (secondary N) is 1. The molecule has 9 heteroatoms. The fraction of sp³-hybridized carbons (Fsp3) is 0.208. The number of carbonyl (C=O) groups excluding carboxylic acids is 1. The van der Waals surface area contributed by atoms with E-state index in [1.54, 1.807) is 41.7 Å². The lowest BCUT2D eigenvalue weighted by Crippen LogP contribution is -2.35. The first-order valence-corrected chi connectivity index (χ1v) is 10.7. The number of carbonyl (C=O) groups is 1. The van der Waals surface area contributed by atoms with Gasteiger partial charge in [0.15, 0.2) is 11.6 Å². The minimum atomic E-state index is -0.543. The molecule has 0 atom stereocenters. The van der Waals surface area contributed by atoms with Crippen LogP contribution in [0.5, 0.6) is 0 Å². The van der Waals surface area contributed by atoms with Crippen LogP contribution in [0.3, 0.4) is 0 Å². The van der Waals surface area contributed by atoms with Crippen molar-refractivity contribution in [2.75, 3.05) is 22.5 Å². The number of benzene rings is 1. The Bertz CT molecular complexity index is 1360. The Morgan fingerprint density at radius 2 is 1.94 bits per heavy atom. The van der Waals surface area contributed by atoms with Crippen molar-refractivity contribution in [1.82, 2.24) is 20.2 Å². The molecule has 166 valence electrons. The Labute approximate surface area is 189 Å². The average Bonchev–Trinajstić information content (AvgIpc) is 2.83. The van der Waals surface area contributed by atoms with Crippen LogP contribution in [0.1, 0.15) is 24.8 Å². The lowest BCUT2D eigenvalue weighted by atomic mass is 9.99. The van der Waals surface area contributed by atoms with Gasteiger partial charge < -0.3 is 16.0 Å². The molecule has 0 unspecified atom stereocenters. The predicted octanol–water partition coefficient (Wildman–Crippen LogP) is 4.38. The van der Waals surface area contributed by atoms with Crippen LogP contribution in [0.4, 0.5) is 27.4 Å². The monoisotopic (exact) mass is 443 g/mol. The molecule has 0 radical (unpaired) electrons. The number of nitrogens with zero attached hydrogens (tertiary/aromatic N) is 5. The maximum atomic E-state index is 15.0. The van der Waals surface area contributed by atoms with Crippen molar-refractivity contribution in [2.45, 2.75) is 26.2 Å². The number of fused-ring (bicyclic) bond motifs is 1. The highest BCUT2D eigenvalue weighted by Crippen LogP contribution is 2.34. The van der Waals surface area contributed by atoms with Crippen molar-refractivity contribution in [3.05, 3.63) is 60.3 Å². The molecule has 4 heterocycles. The van der Waals surface area contributed by atoms with Crippen LogP contribution in [0.25, 0.3) is 22.0 Å². The Kier molecular flexibility index (Phi) is 5.29. The van der Waals surface area contributed by atoms with E-state index >= 15 is 0 Å². The molecule has 8 nitrogen and oxygen atoms in total. The number of hydrogen-bond donors (Lipinski definition) is 2. The maximum Gasteiger partial charge on any atom is 0.227 e. The van der Waals surface area contributed by atoms with E-state index in [1.807, 2.05) is 19.1 Å². The van der Waals surface area contributed by atoms with E-state index in [0.717, 1.165) is 24.1 Å². The normalized spacial score (nSPS) is 14.0. The fourth-order valence-electron chi connectivity index (χ4n) is 4.03. The summed E-state index contributed by atoms with van der Waals surface area (Å²) in [5.41, 5.74) is 8.96. The quantitative estimate of drug-likeness (QED) is 0.451. The van der Waals surface area contributed by atoms with Gasteiger partial charge in [-0.1, -0.05) is 0 Å². The number of nitrogen functional groups attached to an aromatic ring is 1. The minimum absolute atomic E-state index is 0.0570. The lowest BCUT2D eigenvalue weighted by Gasteiger charge is -2.26. The second kappa shape index (κ2) is 8.42. The van der Waals surface area contributed by atoms with E-state index in [-0.39, 0.29) is 17.1 Å². The molecule has 3 N–H and O–H groups in total. The molecule has 33 heavy (non-hydrogen) atoms. The Hall–Kier alpha value is -4.14. The molecule has 3 aromatic heterocycles. The van der Waals surface area contributed by atoms with Crippen molar-refractivity contribution in [3.8, 4) is 11.1 Å². The van der Waals surface area contributed by atoms with Gasteiger partial charge in [0.2, 0.25) is 5.91 Å². The smallest absolute Gasteiger partial charge is 0.227 e. The summed E-state index contributed by atoms with van der Waals surface area (Å²) in [4.78, 5) is 22.4. The number of aromatic nitrogens is 4. The summed E-state index contributed by atoms with van der Waals surface area (Å²) in [5, 5.41) is 12.0. The lowest BCUT2D eigenvalue weighted by molar-refractivity contribution is -0.119. The van der Waals surface area contributed by atoms with Gasteiger partial charge in [-0.3, -0.25) is 9.78 Å². The van der Waals surface area contributed by atoms with Crippen LogP contribution >= 0.6 is 0 Å². The van der Waals surface area contributed by atoms with Crippen LogP contribution in [0.2, 0.25) is 0 Å². The molecule has 0 spiro atoms. The second-order valence-electron chi connectivity index (χ2n) is 8.04. The largest absolute Gasteiger partial charge is 0.395 e. The molecule has 1 aliphatic rings. The van der Waals surface area contributed by atoms with Gasteiger partial charge in [0.1, 0.15) is 11.3 Å². The van der Waals surface area contributed by atoms with Crippen molar-refractivity contribution < 1.29 is 9.18 Å². The van der Waals surface area contributed by atoms with Crippen molar-refractivity contribution in [3.63, 3.8) is 0 Å². The number of hydrogen-bond acceptors (Lipinski definition) is 7. The van der Waals surface area contributed by atoms with Crippen LogP contribution in [-0.4, -0.2) is 32.6 Å². The molecule has 1 fully saturated rings. The molecule has 0 aliphatic carbocycles. The van der Waals surface area contributed by atoms with Crippen molar-refractivity contribution in [2.24, 2.45) is 0 Å². The van der Waals surface area contributed by atoms with E-state index in [1.165, 1.54) is 0 Å². The zero-order valence-corrected chi connectivity index (χ0v) is 18.0. The number of aryl methyl sites for hydroxylation is 1. The van der Waals surface area contributed by atoms with Gasteiger partial charge in [0, 0.05) is 41.9 Å². The Morgan fingerprint density at radius 1 is 1.06 bits per heavy atom. The molecule has 5 rings (SSSR count). The van der Waals surface area contributed by atoms with E-state index < -0.39 is 5.82 Å². The zero-order valence-electron chi connectivity index (χ0n) is 18.0. The summed E-state index contributed by atoms with van der Waals surface area (Å²) < 4.78 is 15.0. The maximum absolute atomic E-state index is 15.0. The number of nitrogens with two attached hydrogens (primary N) is 1. The minimum Gasteiger partial charge on any atom is -0.395 e. The third-order valence-corrected chi connectivity index (χ3v) is 5.82. The fourth-order valence-corrected chi connectivity index (χ4v) is 4.03. The molecule has 1 aromatic carbocycles. The molecule has 1 aliphatic heterocycles. The topological polar surface area (TPSA) is 110 Å². The summed E-state index contributed by atoms with van der Waals surface area (Å²) in [7, 11) is 0.